The molecule has 0 aliphatic heterocycles. The lowest BCUT2D eigenvalue weighted by atomic mass is 10.2. The predicted octanol–water partition coefficient (Wildman–Crippen LogP) is 2.98. The number of hydrogen-bond acceptors (Lipinski definition) is 6. The Bertz CT molecular complexity index is 789. The molecule has 0 amide bonds. The van der Waals surface area contributed by atoms with Crippen molar-refractivity contribution < 1.29 is 9.47 Å². The largest absolute Gasteiger partial charge is 0.493 e. The summed E-state index contributed by atoms with van der Waals surface area (Å²) >= 11 is 6.24. The van der Waals surface area contributed by atoms with Crippen molar-refractivity contribution in [2.45, 2.75) is 20.3 Å². The highest BCUT2D eigenvalue weighted by molar-refractivity contribution is 6.32. The third kappa shape index (κ3) is 4.73. The molecule has 0 radical (unpaired) electrons. The van der Waals surface area contributed by atoms with E-state index in [1.165, 1.54) is 6.07 Å². The van der Waals surface area contributed by atoms with E-state index in [1.54, 1.807) is 32.4 Å². The summed E-state index contributed by atoms with van der Waals surface area (Å²) in [6, 6.07) is 4.87. The Balaban J connectivity index is 2.17. The van der Waals surface area contributed by atoms with Crippen molar-refractivity contribution in [3.63, 3.8) is 0 Å². The molecule has 2 N–H and O–H groups in total. The van der Waals surface area contributed by atoms with Crippen molar-refractivity contribution in [2.75, 3.05) is 19.1 Å². The first kappa shape index (κ1) is 17.8. The monoisotopic (exact) mass is 350 g/mol. The molecular formula is C16H19ClN4O3. The number of hydrogen-bond donors (Lipinski definition) is 2. The Morgan fingerprint density at radius 1 is 1.42 bits per heavy atom. The molecule has 0 aliphatic rings. The fraction of sp³-hybridized carbons (Fsp3) is 0.312. The Morgan fingerprint density at radius 2 is 2.21 bits per heavy atom. The third-order valence-corrected chi connectivity index (χ3v) is 3.24. The van der Waals surface area contributed by atoms with Crippen LogP contribution in [0.3, 0.4) is 0 Å². The van der Waals surface area contributed by atoms with Crippen LogP contribution >= 0.6 is 11.6 Å². The van der Waals surface area contributed by atoms with Crippen molar-refractivity contribution in [3.8, 4) is 11.5 Å². The van der Waals surface area contributed by atoms with Gasteiger partial charge in [-0.2, -0.15) is 5.10 Å². The summed E-state index contributed by atoms with van der Waals surface area (Å²) in [7, 11) is 1.55. The average molecular weight is 351 g/mol. The number of ether oxygens (including phenoxy) is 2. The first-order chi connectivity index (χ1) is 11.5. The third-order valence-electron chi connectivity index (χ3n) is 2.96. The van der Waals surface area contributed by atoms with Crippen LogP contribution in [0.15, 0.2) is 28.1 Å². The normalized spacial score (nSPS) is 10.8. The van der Waals surface area contributed by atoms with Crippen molar-refractivity contribution in [1.82, 2.24) is 9.97 Å². The maximum Gasteiger partial charge on any atom is 0.252 e. The Morgan fingerprint density at radius 3 is 2.88 bits per heavy atom. The van der Waals surface area contributed by atoms with Gasteiger partial charge in [-0.3, -0.25) is 9.78 Å². The molecule has 0 atom stereocenters. The minimum Gasteiger partial charge on any atom is -0.493 e. The lowest BCUT2D eigenvalue weighted by Gasteiger charge is -2.12. The van der Waals surface area contributed by atoms with Crippen LogP contribution in [0.25, 0.3) is 0 Å². The maximum atomic E-state index is 11.4. The number of nitrogens with zero attached hydrogens (tertiary/aromatic N) is 2. The first-order valence-electron chi connectivity index (χ1n) is 7.41. The number of aromatic nitrogens is 2. The summed E-state index contributed by atoms with van der Waals surface area (Å²) in [4.78, 5) is 18.0. The van der Waals surface area contributed by atoms with Gasteiger partial charge in [-0.25, -0.2) is 10.4 Å². The van der Waals surface area contributed by atoms with Gasteiger partial charge in [-0.15, -0.1) is 0 Å². The maximum absolute atomic E-state index is 11.4. The van der Waals surface area contributed by atoms with E-state index in [0.717, 1.165) is 6.42 Å². The molecule has 7 nitrogen and oxygen atoms in total. The topological polar surface area (TPSA) is 88.6 Å². The van der Waals surface area contributed by atoms with Crippen LogP contribution in [0.4, 0.5) is 5.95 Å². The molecule has 2 rings (SSSR count). The summed E-state index contributed by atoms with van der Waals surface area (Å²) in [5.41, 5.74) is 3.73. The first-order valence-corrected chi connectivity index (χ1v) is 7.78. The van der Waals surface area contributed by atoms with Gasteiger partial charge in [0.25, 0.3) is 5.56 Å². The molecule has 128 valence electrons. The number of nitrogens with one attached hydrogen (secondary N) is 2. The van der Waals surface area contributed by atoms with Gasteiger partial charge in [0.1, 0.15) is 0 Å². The number of rotatable bonds is 7. The van der Waals surface area contributed by atoms with E-state index in [2.05, 4.69) is 20.5 Å². The molecule has 1 aromatic carbocycles. The van der Waals surface area contributed by atoms with E-state index < -0.39 is 0 Å². The van der Waals surface area contributed by atoms with Crippen LogP contribution in [-0.2, 0) is 0 Å². The van der Waals surface area contributed by atoms with Gasteiger partial charge in [0.15, 0.2) is 11.5 Å². The Labute approximate surface area is 144 Å². The zero-order valence-electron chi connectivity index (χ0n) is 13.7. The number of benzene rings is 1. The molecule has 8 heteroatoms. The number of anilines is 1. The standard InChI is InChI=1S/C16H19ClN4O3/c1-4-5-24-15-12(17)7-11(8-13(15)23-3)9-18-21-16-19-10(2)6-14(22)20-16/h6-9H,4-5H2,1-3H3,(H2,19,20,21,22)/b18-9-. The molecule has 2 aromatic rings. The van der Waals surface area contributed by atoms with Gasteiger partial charge >= 0.3 is 0 Å². The van der Waals surface area contributed by atoms with E-state index in [4.69, 9.17) is 21.1 Å². The molecule has 0 fully saturated rings. The molecule has 0 bridgehead atoms. The van der Waals surface area contributed by atoms with Crippen molar-refractivity contribution >= 4 is 23.8 Å². The average Bonchev–Trinajstić information content (AvgIpc) is 2.52. The van der Waals surface area contributed by atoms with Crippen molar-refractivity contribution in [3.05, 3.63) is 44.8 Å². The number of methoxy groups -OCH3 is 1. The van der Waals surface area contributed by atoms with E-state index in [9.17, 15) is 4.79 Å². The van der Waals surface area contributed by atoms with Crippen LogP contribution < -0.4 is 20.5 Å². The fourth-order valence-corrected chi connectivity index (χ4v) is 2.23. The second-order valence-corrected chi connectivity index (χ2v) is 5.40. The zero-order valence-corrected chi connectivity index (χ0v) is 14.5. The van der Waals surface area contributed by atoms with Crippen LogP contribution in [0.2, 0.25) is 5.02 Å². The number of hydrazone groups is 1. The Kier molecular flexibility index (Phi) is 6.20. The minimum atomic E-state index is -0.248. The van der Waals surface area contributed by atoms with Gasteiger partial charge in [-0.05, 0) is 31.0 Å². The van der Waals surface area contributed by atoms with Crippen LogP contribution in [-0.4, -0.2) is 29.9 Å². The number of aryl methyl sites for hydroxylation is 1. The quantitative estimate of drug-likeness (QED) is 0.592. The molecule has 1 heterocycles. The minimum absolute atomic E-state index is 0.248. The number of H-pyrrole nitrogens is 1. The van der Waals surface area contributed by atoms with E-state index >= 15 is 0 Å². The smallest absolute Gasteiger partial charge is 0.252 e. The van der Waals surface area contributed by atoms with E-state index in [1.807, 2.05) is 6.92 Å². The molecule has 0 unspecified atom stereocenters. The van der Waals surface area contributed by atoms with Crippen LogP contribution in [0.1, 0.15) is 24.6 Å². The molecule has 0 saturated carbocycles. The highest BCUT2D eigenvalue weighted by Crippen LogP contribution is 2.36. The lowest BCUT2D eigenvalue weighted by molar-refractivity contribution is 0.294. The van der Waals surface area contributed by atoms with Crippen LogP contribution in [0.5, 0.6) is 11.5 Å². The lowest BCUT2D eigenvalue weighted by Crippen LogP contribution is -2.10. The van der Waals surface area contributed by atoms with Gasteiger partial charge in [0.2, 0.25) is 5.95 Å². The van der Waals surface area contributed by atoms with Crippen molar-refractivity contribution in [1.29, 1.82) is 0 Å². The van der Waals surface area contributed by atoms with Crippen LogP contribution in [0, 0.1) is 6.92 Å². The highest BCUT2D eigenvalue weighted by Gasteiger charge is 2.11. The van der Waals surface area contributed by atoms with Gasteiger partial charge in [-0.1, -0.05) is 18.5 Å². The van der Waals surface area contributed by atoms with E-state index in [-0.39, 0.29) is 11.5 Å². The second-order valence-electron chi connectivity index (χ2n) is 4.99. The number of halogens is 1. The Hall–Kier alpha value is -2.54. The summed E-state index contributed by atoms with van der Waals surface area (Å²) in [6.45, 7) is 4.29. The molecule has 0 saturated heterocycles. The summed E-state index contributed by atoms with van der Waals surface area (Å²) in [6.07, 6.45) is 2.41. The highest BCUT2D eigenvalue weighted by atomic mass is 35.5. The van der Waals surface area contributed by atoms with Gasteiger partial charge in [0, 0.05) is 11.8 Å². The van der Waals surface area contributed by atoms with Crippen molar-refractivity contribution in [2.24, 2.45) is 5.10 Å². The summed E-state index contributed by atoms with van der Waals surface area (Å²) in [5.74, 6) is 1.30. The fourth-order valence-electron chi connectivity index (χ4n) is 1.96. The SMILES string of the molecule is CCCOc1c(Cl)cc(/C=N\Nc2nc(C)cc(=O)[nH]2)cc1OC. The predicted molar refractivity (Wildman–Crippen MR) is 94.6 cm³/mol. The summed E-state index contributed by atoms with van der Waals surface area (Å²) < 4.78 is 10.9. The molecule has 24 heavy (non-hydrogen) atoms. The number of aromatic amines is 1. The van der Waals surface area contributed by atoms with Gasteiger partial charge < -0.3 is 9.47 Å². The molecule has 0 aliphatic carbocycles. The summed E-state index contributed by atoms with van der Waals surface area (Å²) in [5, 5.41) is 4.48. The zero-order chi connectivity index (χ0) is 17.5. The van der Waals surface area contributed by atoms with Gasteiger partial charge in [0.05, 0.1) is 25.0 Å². The van der Waals surface area contributed by atoms with E-state index in [0.29, 0.717) is 34.4 Å². The molecule has 1 aromatic heterocycles. The second kappa shape index (κ2) is 8.35. The molecule has 0 spiro atoms. The molecular weight excluding hydrogens is 332 g/mol.